The van der Waals surface area contributed by atoms with Crippen molar-refractivity contribution >= 4 is 28.3 Å². The Morgan fingerprint density at radius 2 is 2.04 bits per heavy atom. The molecule has 2 rings (SSSR count). The molecule has 1 amide bonds. The van der Waals surface area contributed by atoms with Gasteiger partial charge in [0.05, 0.1) is 25.3 Å². The third kappa shape index (κ3) is 7.38. The van der Waals surface area contributed by atoms with Gasteiger partial charge in [-0.15, -0.1) is 11.3 Å². The average molecular weight is 391 g/mol. The van der Waals surface area contributed by atoms with Crippen molar-refractivity contribution in [2.24, 2.45) is 0 Å². The number of carbonyl (C=O) groups excluding carboxylic acids is 2. The highest BCUT2D eigenvalue weighted by Gasteiger charge is 2.10. The number of carbonyl (C=O) groups is 2. The number of nitrogens with one attached hydrogen (secondary N) is 1. The molecule has 7 heteroatoms. The second-order valence-electron chi connectivity index (χ2n) is 6.25. The Morgan fingerprint density at radius 3 is 2.81 bits per heavy atom. The summed E-state index contributed by atoms with van der Waals surface area (Å²) in [5.41, 5.74) is 2.89. The molecule has 0 bridgehead atoms. The highest BCUT2D eigenvalue weighted by atomic mass is 32.1. The molecule has 0 saturated carbocycles. The van der Waals surface area contributed by atoms with E-state index < -0.39 is 0 Å². The lowest BCUT2D eigenvalue weighted by Crippen LogP contribution is -2.12. The van der Waals surface area contributed by atoms with Crippen LogP contribution in [-0.2, 0) is 20.7 Å². The summed E-state index contributed by atoms with van der Waals surface area (Å²) >= 11 is 1.31. The molecule has 1 aromatic heterocycles. The van der Waals surface area contributed by atoms with Crippen LogP contribution >= 0.6 is 11.3 Å². The zero-order valence-electron chi connectivity index (χ0n) is 16.0. The normalized spacial score (nSPS) is 10.5. The molecule has 0 aliphatic rings. The van der Waals surface area contributed by atoms with Crippen LogP contribution in [0.4, 0.5) is 5.13 Å². The summed E-state index contributed by atoms with van der Waals surface area (Å²) in [6.07, 6.45) is 2.06. The zero-order chi connectivity index (χ0) is 19.6. The molecule has 6 nitrogen and oxygen atoms in total. The van der Waals surface area contributed by atoms with E-state index in [0.717, 1.165) is 24.2 Å². The predicted octanol–water partition coefficient (Wildman–Crippen LogP) is 4.05. The van der Waals surface area contributed by atoms with Crippen LogP contribution in [0.2, 0.25) is 0 Å². The molecule has 0 aliphatic heterocycles. The van der Waals surface area contributed by atoms with Gasteiger partial charge in [-0.2, -0.15) is 0 Å². The fourth-order valence-electron chi connectivity index (χ4n) is 2.42. The maximum atomic E-state index is 12.0. The van der Waals surface area contributed by atoms with Crippen LogP contribution in [0.25, 0.3) is 0 Å². The topological polar surface area (TPSA) is 77.5 Å². The van der Waals surface area contributed by atoms with Gasteiger partial charge in [-0.25, -0.2) is 4.98 Å². The summed E-state index contributed by atoms with van der Waals surface area (Å²) in [4.78, 5) is 27.7. The standard InChI is InChI=1S/C20H26N2O4S/c1-4-25-19(24)12-16-13-27-20(21-16)22-18(23)7-5-6-10-26-17-11-14(2)8-9-15(17)3/h8-9,11,13H,4-7,10,12H2,1-3H3,(H,21,22,23). The summed E-state index contributed by atoms with van der Waals surface area (Å²) in [5, 5.41) is 5.03. The van der Waals surface area contributed by atoms with Crippen LogP contribution in [0.5, 0.6) is 5.75 Å². The van der Waals surface area contributed by atoms with Gasteiger partial charge >= 0.3 is 5.97 Å². The molecule has 1 heterocycles. The molecular formula is C20H26N2O4S. The van der Waals surface area contributed by atoms with E-state index in [1.54, 1.807) is 12.3 Å². The van der Waals surface area contributed by atoms with Gasteiger partial charge in [0, 0.05) is 11.8 Å². The lowest BCUT2D eigenvalue weighted by molar-refractivity contribution is -0.142. The van der Waals surface area contributed by atoms with Crippen LogP contribution in [0.15, 0.2) is 23.6 Å². The van der Waals surface area contributed by atoms with E-state index in [2.05, 4.69) is 16.4 Å². The molecule has 0 atom stereocenters. The van der Waals surface area contributed by atoms with Crippen molar-refractivity contribution in [1.29, 1.82) is 0 Å². The van der Waals surface area contributed by atoms with Crippen molar-refractivity contribution in [1.82, 2.24) is 4.98 Å². The SMILES string of the molecule is CCOC(=O)Cc1csc(NC(=O)CCCCOc2cc(C)ccc2C)n1. The Bertz CT molecular complexity index is 773. The number of amides is 1. The summed E-state index contributed by atoms with van der Waals surface area (Å²) < 4.78 is 10.7. The minimum Gasteiger partial charge on any atom is -0.493 e. The maximum Gasteiger partial charge on any atom is 0.311 e. The van der Waals surface area contributed by atoms with E-state index in [1.165, 1.54) is 16.9 Å². The van der Waals surface area contributed by atoms with Crippen LogP contribution in [0.3, 0.4) is 0 Å². The Balaban J connectivity index is 1.65. The number of nitrogens with zero attached hydrogens (tertiary/aromatic N) is 1. The van der Waals surface area contributed by atoms with Crippen LogP contribution < -0.4 is 10.1 Å². The van der Waals surface area contributed by atoms with Crippen LogP contribution in [0.1, 0.15) is 43.0 Å². The Labute approximate surface area is 163 Å². The lowest BCUT2D eigenvalue weighted by atomic mass is 10.1. The second-order valence-corrected chi connectivity index (χ2v) is 7.11. The van der Waals surface area contributed by atoms with Crippen molar-refractivity contribution in [3.63, 3.8) is 0 Å². The number of benzene rings is 1. The number of anilines is 1. The van der Waals surface area contributed by atoms with Gasteiger partial charge in [0.1, 0.15) is 5.75 Å². The van der Waals surface area contributed by atoms with Crippen LogP contribution in [-0.4, -0.2) is 30.1 Å². The van der Waals surface area contributed by atoms with E-state index in [4.69, 9.17) is 9.47 Å². The summed E-state index contributed by atoms with van der Waals surface area (Å²) in [7, 11) is 0. The van der Waals surface area contributed by atoms with Crippen molar-refractivity contribution < 1.29 is 19.1 Å². The third-order valence-corrected chi connectivity index (χ3v) is 4.63. The Morgan fingerprint density at radius 1 is 1.22 bits per heavy atom. The molecular weight excluding hydrogens is 364 g/mol. The fourth-order valence-corrected chi connectivity index (χ4v) is 3.15. The number of aromatic nitrogens is 1. The van der Waals surface area contributed by atoms with Crippen molar-refractivity contribution in [3.8, 4) is 5.75 Å². The number of unbranched alkanes of at least 4 members (excludes halogenated alkanes) is 1. The maximum absolute atomic E-state index is 12.0. The monoisotopic (exact) mass is 390 g/mol. The molecule has 0 radical (unpaired) electrons. The molecule has 1 N–H and O–H groups in total. The number of esters is 1. The van der Waals surface area contributed by atoms with Gasteiger partial charge in [-0.1, -0.05) is 12.1 Å². The number of thiazole rings is 1. The minimum absolute atomic E-state index is 0.0845. The second kappa shape index (κ2) is 10.7. The highest BCUT2D eigenvalue weighted by molar-refractivity contribution is 7.13. The first-order valence-electron chi connectivity index (χ1n) is 9.08. The molecule has 0 fully saturated rings. The number of ether oxygens (including phenoxy) is 2. The predicted molar refractivity (Wildman–Crippen MR) is 106 cm³/mol. The first kappa shape index (κ1) is 20.9. The number of hydrogen-bond acceptors (Lipinski definition) is 6. The molecule has 1 aromatic carbocycles. The molecule has 27 heavy (non-hydrogen) atoms. The van der Waals surface area contributed by atoms with Gasteiger partial charge in [-0.05, 0) is 50.8 Å². The molecule has 0 spiro atoms. The van der Waals surface area contributed by atoms with Gasteiger partial charge in [-0.3, -0.25) is 9.59 Å². The van der Waals surface area contributed by atoms with Crippen molar-refractivity contribution in [3.05, 3.63) is 40.4 Å². The van der Waals surface area contributed by atoms with Gasteiger partial charge < -0.3 is 14.8 Å². The van der Waals surface area contributed by atoms with E-state index in [9.17, 15) is 9.59 Å². The smallest absolute Gasteiger partial charge is 0.311 e. The molecule has 146 valence electrons. The number of aryl methyl sites for hydroxylation is 2. The third-order valence-electron chi connectivity index (χ3n) is 3.83. The summed E-state index contributed by atoms with van der Waals surface area (Å²) in [6, 6.07) is 6.13. The molecule has 0 unspecified atom stereocenters. The van der Waals surface area contributed by atoms with E-state index in [0.29, 0.717) is 30.5 Å². The Kier molecular flexibility index (Phi) is 8.26. The average Bonchev–Trinajstić information content (AvgIpc) is 3.04. The van der Waals surface area contributed by atoms with Gasteiger partial charge in [0.25, 0.3) is 0 Å². The number of hydrogen-bond donors (Lipinski definition) is 1. The highest BCUT2D eigenvalue weighted by Crippen LogP contribution is 2.20. The first-order chi connectivity index (χ1) is 13.0. The summed E-state index contributed by atoms with van der Waals surface area (Å²) in [6.45, 7) is 6.75. The lowest BCUT2D eigenvalue weighted by Gasteiger charge is -2.09. The molecule has 2 aromatic rings. The van der Waals surface area contributed by atoms with Crippen molar-refractivity contribution in [2.45, 2.75) is 46.5 Å². The first-order valence-corrected chi connectivity index (χ1v) is 9.96. The van der Waals surface area contributed by atoms with E-state index in [-0.39, 0.29) is 18.3 Å². The van der Waals surface area contributed by atoms with Gasteiger partial charge in [0.2, 0.25) is 5.91 Å². The molecule has 0 aliphatic carbocycles. The summed E-state index contributed by atoms with van der Waals surface area (Å²) in [5.74, 6) is 0.500. The molecule has 0 saturated heterocycles. The van der Waals surface area contributed by atoms with E-state index >= 15 is 0 Å². The van der Waals surface area contributed by atoms with E-state index in [1.807, 2.05) is 26.0 Å². The van der Waals surface area contributed by atoms with Crippen LogP contribution in [0, 0.1) is 13.8 Å². The van der Waals surface area contributed by atoms with Gasteiger partial charge in [0.15, 0.2) is 5.13 Å². The van der Waals surface area contributed by atoms with Crippen molar-refractivity contribution in [2.75, 3.05) is 18.5 Å². The zero-order valence-corrected chi connectivity index (χ0v) is 16.9. The largest absolute Gasteiger partial charge is 0.493 e. The Hall–Kier alpha value is -2.41. The quantitative estimate of drug-likeness (QED) is 0.489. The number of rotatable bonds is 10. The fraction of sp³-hybridized carbons (Fsp3) is 0.450. The minimum atomic E-state index is -0.315.